The molecule has 0 aromatic carbocycles. The third-order valence-electron chi connectivity index (χ3n) is 3.61. The molecule has 4 N–H and O–H groups in total. The summed E-state index contributed by atoms with van der Waals surface area (Å²) in [5, 5.41) is 5.72. The van der Waals surface area contributed by atoms with E-state index in [4.69, 9.17) is 5.73 Å². The fraction of sp³-hybridized carbons (Fsp3) is 0.312. The van der Waals surface area contributed by atoms with Crippen LogP contribution in [0.15, 0.2) is 30.9 Å². The van der Waals surface area contributed by atoms with Crippen molar-refractivity contribution in [3.05, 3.63) is 30.9 Å². The number of fused-ring (bicyclic) bond motifs is 1. The number of carbonyl (C=O) groups excluding carboxylic acids is 1. The normalized spacial score (nSPS) is 11.0. The lowest BCUT2D eigenvalue weighted by Gasteiger charge is -2.11. The number of anilines is 1. The standard InChI is InChI=1S/C16H20N8O/c1-10(2)24-9-21-12-14(19-6-7-20-16(17)25)22-13(23-15(12)24)11-4-3-5-18-8-11/h3-5,8-10H,6-7H2,1-2H3,(H3,17,20,25)(H,19,22,23). The fourth-order valence-corrected chi connectivity index (χ4v) is 2.41. The van der Waals surface area contributed by atoms with Crippen LogP contribution in [0.4, 0.5) is 10.6 Å². The quantitative estimate of drug-likeness (QED) is 0.585. The first-order valence-electron chi connectivity index (χ1n) is 7.98. The van der Waals surface area contributed by atoms with Gasteiger partial charge in [0.05, 0.1) is 6.33 Å². The molecular formula is C16H20N8O. The smallest absolute Gasteiger partial charge is 0.312 e. The second-order valence-electron chi connectivity index (χ2n) is 5.77. The van der Waals surface area contributed by atoms with Gasteiger partial charge in [-0.15, -0.1) is 0 Å². The number of primary amides is 1. The predicted octanol–water partition coefficient (Wildman–Crippen LogP) is 1.55. The number of amides is 2. The Morgan fingerprint density at radius 3 is 2.84 bits per heavy atom. The maximum Gasteiger partial charge on any atom is 0.312 e. The van der Waals surface area contributed by atoms with E-state index in [0.717, 1.165) is 11.2 Å². The Bertz CT molecular complexity index is 874. The van der Waals surface area contributed by atoms with Gasteiger partial charge in [0.15, 0.2) is 17.3 Å². The molecule has 0 radical (unpaired) electrons. The van der Waals surface area contributed by atoms with Crippen molar-refractivity contribution < 1.29 is 4.79 Å². The van der Waals surface area contributed by atoms with Crippen molar-refractivity contribution in [1.29, 1.82) is 0 Å². The highest BCUT2D eigenvalue weighted by atomic mass is 16.2. The van der Waals surface area contributed by atoms with E-state index in [1.807, 2.05) is 16.7 Å². The van der Waals surface area contributed by atoms with Gasteiger partial charge >= 0.3 is 6.03 Å². The molecule has 3 aromatic heterocycles. The Labute approximate surface area is 144 Å². The van der Waals surface area contributed by atoms with Gasteiger partial charge in [-0.3, -0.25) is 4.98 Å². The number of aromatic nitrogens is 5. The van der Waals surface area contributed by atoms with Crippen molar-refractivity contribution >= 4 is 23.0 Å². The second-order valence-corrected chi connectivity index (χ2v) is 5.77. The van der Waals surface area contributed by atoms with Crippen molar-refractivity contribution in [1.82, 2.24) is 29.8 Å². The van der Waals surface area contributed by atoms with Gasteiger partial charge in [0.1, 0.15) is 5.52 Å². The number of carbonyl (C=O) groups is 1. The lowest BCUT2D eigenvalue weighted by atomic mass is 10.2. The number of rotatable bonds is 6. The first-order chi connectivity index (χ1) is 12.1. The van der Waals surface area contributed by atoms with Gasteiger partial charge < -0.3 is 20.9 Å². The number of hydrogen-bond acceptors (Lipinski definition) is 6. The van der Waals surface area contributed by atoms with Crippen molar-refractivity contribution in [3.8, 4) is 11.4 Å². The van der Waals surface area contributed by atoms with Crippen LogP contribution in [0.25, 0.3) is 22.6 Å². The van der Waals surface area contributed by atoms with Crippen LogP contribution in [0.5, 0.6) is 0 Å². The second kappa shape index (κ2) is 7.12. The maximum absolute atomic E-state index is 10.8. The molecule has 0 spiro atoms. The Balaban J connectivity index is 2.00. The van der Waals surface area contributed by atoms with Crippen LogP contribution < -0.4 is 16.4 Å². The molecule has 0 atom stereocenters. The summed E-state index contributed by atoms with van der Waals surface area (Å²) in [6, 6.07) is 3.40. The largest absolute Gasteiger partial charge is 0.366 e. The molecule has 3 aromatic rings. The Morgan fingerprint density at radius 2 is 2.16 bits per heavy atom. The molecule has 9 heteroatoms. The minimum Gasteiger partial charge on any atom is -0.366 e. The first-order valence-corrected chi connectivity index (χ1v) is 7.98. The van der Waals surface area contributed by atoms with E-state index in [1.165, 1.54) is 0 Å². The summed E-state index contributed by atoms with van der Waals surface area (Å²) in [6.07, 6.45) is 5.18. The molecule has 0 fully saturated rings. The van der Waals surface area contributed by atoms with E-state index < -0.39 is 6.03 Å². The van der Waals surface area contributed by atoms with Crippen molar-refractivity contribution in [2.24, 2.45) is 5.73 Å². The summed E-state index contributed by atoms with van der Waals surface area (Å²) < 4.78 is 1.99. The summed E-state index contributed by atoms with van der Waals surface area (Å²) >= 11 is 0. The van der Waals surface area contributed by atoms with Gasteiger partial charge in [-0.25, -0.2) is 19.7 Å². The topological polar surface area (TPSA) is 124 Å². The summed E-state index contributed by atoms with van der Waals surface area (Å²) in [6.45, 7) is 4.98. The minimum absolute atomic E-state index is 0.214. The molecule has 130 valence electrons. The van der Waals surface area contributed by atoms with Crippen LogP contribution in [-0.2, 0) is 0 Å². The van der Waals surface area contributed by atoms with E-state index in [9.17, 15) is 4.79 Å². The van der Waals surface area contributed by atoms with Gasteiger partial charge in [-0.2, -0.15) is 0 Å². The molecule has 2 amide bonds. The van der Waals surface area contributed by atoms with Crippen LogP contribution in [0, 0.1) is 0 Å². The molecule has 0 unspecified atom stereocenters. The third-order valence-corrected chi connectivity index (χ3v) is 3.61. The Morgan fingerprint density at radius 1 is 1.32 bits per heavy atom. The number of imidazole rings is 1. The lowest BCUT2D eigenvalue weighted by molar-refractivity contribution is 0.249. The summed E-state index contributed by atoms with van der Waals surface area (Å²) in [7, 11) is 0. The molecule has 0 saturated heterocycles. The number of urea groups is 1. The number of nitrogens with one attached hydrogen (secondary N) is 2. The highest BCUT2D eigenvalue weighted by molar-refractivity contribution is 5.85. The maximum atomic E-state index is 10.8. The van der Waals surface area contributed by atoms with E-state index in [-0.39, 0.29) is 6.04 Å². The number of nitrogens with zero attached hydrogens (tertiary/aromatic N) is 5. The Hall–Kier alpha value is -3.23. The zero-order chi connectivity index (χ0) is 17.8. The number of hydrogen-bond donors (Lipinski definition) is 3. The Kier molecular flexibility index (Phi) is 4.73. The van der Waals surface area contributed by atoms with Crippen LogP contribution >= 0.6 is 0 Å². The van der Waals surface area contributed by atoms with E-state index in [2.05, 4.69) is 44.4 Å². The molecule has 0 aliphatic heterocycles. The zero-order valence-electron chi connectivity index (χ0n) is 14.1. The molecule has 3 heterocycles. The van der Waals surface area contributed by atoms with E-state index in [0.29, 0.717) is 30.2 Å². The summed E-state index contributed by atoms with van der Waals surface area (Å²) in [4.78, 5) is 28.6. The van der Waals surface area contributed by atoms with Gasteiger partial charge in [-0.1, -0.05) is 0 Å². The molecule has 0 aliphatic carbocycles. The summed E-state index contributed by atoms with van der Waals surface area (Å²) in [5.74, 6) is 1.17. The highest BCUT2D eigenvalue weighted by Gasteiger charge is 2.15. The molecule has 0 saturated carbocycles. The number of nitrogens with two attached hydrogens (primary N) is 1. The summed E-state index contributed by atoms with van der Waals surface area (Å²) in [5.41, 5.74) is 7.32. The van der Waals surface area contributed by atoms with Crippen LogP contribution in [0.1, 0.15) is 19.9 Å². The number of pyridine rings is 1. The van der Waals surface area contributed by atoms with Crippen molar-refractivity contribution in [3.63, 3.8) is 0 Å². The van der Waals surface area contributed by atoms with Crippen molar-refractivity contribution in [2.45, 2.75) is 19.9 Å². The predicted molar refractivity (Wildman–Crippen MR) is 95.0 cm³/mol. The molecular weight excluding hydrogens is 320 g/mol. The highest BCUT2D eigenvalue weighted by Crippen LogP contribution is 2.25. The molecule has 9 nitrogen and oxygen atoms in total. The average Bonchev–Trinajstić information content (AvgIpc) is 3.03. The van der Waals surface area contributed by atoms with Crippen molar-refractivity contribution in [2.75, 3.05) is 18.4 Å². The molecule has 3 rings (SSSR count). The monoisotopic (exact) mass is 340 g/mol. The molecule has 0 bridgehead atoms. The van der Waals surface area contributed by atoms with Gasteiger partial charge in [0, 0.05) is 37.1 Å². The first kappa shape index (κ1) is 16.6. The van der Waals surface area contributed by atoms with Crippen LogP contribution in [0.3, 0.4) is 0 Å². The van der Waals surface area contributed by atoms with E-state index >= 15 is 0 Å². The van der Waals surface area contributed by atoms with Crippen LogP contribution in [0.2, 0.25) is 0 Å². The fourth-order valence-electron chi connectivity index (χ4n) is 2.41. The molecule has 0 aliphatic rings. The zero-order valence-corrected chi connectivity index (χ0v) is 14.1. The van der Waals surface area contributed by atoms with Gasteiger partial charge in [0.2, 0.25) is 0 Å². The van der Waals surface area contributed by atoms with Crippen LogP contribution in [-0.4, -0.2) is 43.6 Å². The third kappa shape index (κ3) is 3.65. The van der Waals surface area contributed by atoms with E-state index in [1.54, 1.807) is 18.7 Å². The van der Waals surface area contributed by atoms with Gasteiger partial charge in [-0.05, 0) is 26.0 Å². The van der Waals surface area contributed by atoms with Gasteiger partial charge in [0.25, 0.3) is 0 Å². The minimum atomic E-state index is -0.560. The molecule has 25 heavy (non-hydrogen) atoms. The average molecular weight is 340 g/mol. The lowest BCUT2D eigenvalue weighted by Crippen LogP contribution is -2.33. The SMILES string of the molecule is CC(C)n1cnc2c(NCCNC(N)=O)nc(-c3cccnc3)nc21.